The standard InChI is InChI=1S/C32H39NO3/c1-21-8-11-24-16-26-30-12-13-32(34-2,25(17-30)20-35-19-23-6-4-3-5-7-23)29-31(30,27(24)28(21)36-29)14-15-33(26)18-22-9-10-22/h3-8,11,22,25-26,29H,9-10,12-20H2,1-2H3/t25?,26-,29-,30-,31+,32?/m1/s1. The number of benzene rings is 2. The molecule has 2 heterocycles. The fraction of sp³-hybridized carbons (Fsp3) is 0.625. The van der Waals surface area contributed by atoms with Crippen LogP contribution in [0.2, 0.25) is 0 Å². The summed E-state index contributed by atoms with van der Waals surface area (Å²) in [7, 11) is 1.95. The number of piperidine rings is 1. The lowest BCUT2D eigenvalue weighted by Gasteiger charge is -2.74. The molecule has 5 aliphatic carbocycles. The molecule has 4 saturated carbocycles. The Hall–Kier alpha value is -1.88. The van der Waals surface area contributed by atoms with Gasteiger partial charge in [-0.2, -0.15) is 0 Å². The largest absolute Gasteiger partial charge is 0.486 e. The normalized spacial score (nSPS) is 39.7. The van der Waals surface area contributed by atoms with E-state index in [9.17, 15) is 0 Å². The predicted molar refractivity (Wildman–Crippen MR) is 139 cm³/mol. The Morgan fingerprint density at radius 3 is 2.72 bits per heavy atom. The van der Waals surface area contributed by atoms with Gasteiger partial charge in [-0.25, -0.2) is 0 Å². The van der Waals surface area contributed by atoms with Crippen LogP contribution in [-0.2, 0) is 27.9 Å². The zero-order valence-corrected chi connectivity index (χ0v) is 21.8. The summed E-state index contributed by atoms with van der Waals surface area (Å²) in [5, 5.41) is 0. The number of likely N-dealkylation sites (tertiary alicyclic amines) is 1. The van der Waals surface area contributed by atoms with E-state index in [1.807, 2.05) is 7.11 Å². The molecular formula is C32H39NO3. The van der Waals surface area contributed by atoms with E-state index in [-0.39, 0.29) is 22.5 Å². The summed E-state index contributed by atoms with van der Waals surface area (Å²) in [6.07, 6.45) is 8.90. The summed E-state index contributed by atoms with van der Waals surface area (Å²) in [6.45, 7) is 6.17. The summed E-state index contributed by atoms with van der Waals surface area (Å²) >= 11 is 0. The maximum absolute atomic E-state index is 7.16. The molecule has 2 aromatic carbocycles. The van der Waals surface area contributed by atoms with Gasteiger partial charge in [-0.1, -0.05) is 42.5 Å². The third-order valence-corrected chi connectivity index (χ3v) is 11.5. The Morgan fingerprint density at radius 1 is 1.06 bits per heavy atom. The van der Waals surface area contributed by atoms with Crippen molar-refractivity contribution >= 4 is 0 Å². The fourth-order valence-corrected chi connectivity index (χ4v) is 9.79. The molecule has 5 fully saturated rings. The average molecular weight is 486 g/mol. The van der Waals surface area contributed by atoms with Crippen LogP contribution in [0.1, 0.15) is 60.8 Å². The summed E-state index contributed by atoms with van der Waals surface area (Å²) in [6, 6.07) is 16.0. The van der Waals surface area contributed by atoms with Gasteiger partial charge in [0.2, 0.25) is 0 Å². The van der Waals surface area contributed by atoms with Crippen molar-refractivity contribution in [3.8, 4) is 5.75 Å². The van der Waals surface area contributed by atoms with E-state index < -0.39 is 0 Å². The van der Waals surface area contributed by atoms with Crippen LogP contribution in [0.4, 0.5) is 0 Å². The third-order valence-electron chi connectivity index (χ3n) is 11.5. The van der Waals surface area contributed by atoms with Gasteiger partial charge in [0.15, 0.2) is 0 Å². The number of hydrogen-bond acceptors (Lipinski definition) is 4. The van der Waals surface area contributed by atoms with Crippen LogP contribution >= 0.6 is 0 Å². The Labute approximate surface area is 215 Å². The molecule has 7 aliphatic rings. The highest BCUT2D eigenvalue weighted by Gasteiger charge is 2.80. The Kier molecular flexibility index (Phi) is 4.66. The molecule has 36 heavy (non-hydrogen) atoms. The van der Waals surface area contributed by atoms with Crippen molar-refractivity contribution in [2.75, 3.05) is 26.8 Å². The second-order valence-electron chi connectivity index (χ2n) is 12.8. The second-order valence-corrected chi connectivity index (χ2v) is 12.8. The van der Waals surface area contributed by atoms with Gasteiger partial charge in [-0.15, -0.1) is 0 Å². The van der Waals surface area contributed by atoms with Crippen molar-refractivity contribution in [2.45, 2.75) is 81.6 Å². The topological polar surface area (TPSA) is 30.9 Å². The van der Waals surface area contributed by atoms with E-state index in [0.29, 0.717) is 18.6 Å². The molecule has 1 saturated heterocycles. The molecule has 0 aromatic heterocycles. The lowest BCUT2D eigenvalue weighted by atomic mass is 9.35. The van der Waals surface area contributed by atoms with Gasteiger partial charge in [0, 0.05) is 42.0 Å². The van der Waals surface area contributed by atoms with Gasteiger partial charge < -0.3 is 14.2 Å². The van der Waals surface area contributed by atoms with Gasteiger partial charge >= 0.3 is 0 Å². The number of aryl methyl sites for hydroxylation is 1. The number of rotatable bonds is 7. The van der Waals surface area contributed by atoms with Gasteiger partial charge in [-0.3, -0.25) is 4.90 Å². The molecule has 2 aliphatic heterocycles. The smallest absolute Gasteiger partial charge is 0.138 e. The van der Waals surface area contributed by atoms with Crippen molar-refractivity contribution in [1.82, 2.24) is 4.90 Å². The summed E-state index contributed by atoms with van der Waals surface area (Å²) in [5.74, 6) is 2.49. The molecule has 9 rings (SSSR count). The predicted octanol–water partition coefficient (Wildman–Crippen LogP) is 5.44. The Morgan fingerprint density at radius 2 is 1.92 bits per heavy atom. The van der Waals surface area contributed by atoms with Gasteiger partial charge in [0.1, 0.15) is 17.5 Å². The summed E-state index contributed by atoms with van der Waals surface area (Å²) < 4.78 is 20.3. The van der Waals surface area contributed by atoms with E-state index in [1.165, 1.54) is 68.5 Å². The molecule has 2 aromatic rings. The zero-order chi connectivity index (χ0) is 24.1. The highest BCUT2D eigenvalue weighted by atomic mass is 16.6. The first-order chi connectivity index (χ1) is 17.6. The first-order valence-corrected chi connectivity index (χ1v) is 14.3. The molecule has 6 atom stereocenters. The van der Waals surface area contributed by atoms with Crippen LogP contribution in [0, 0.1) is 24.2 Å². The van der Waals surface area contributed by atoms with E-state index in [1.54, 1.807) is 11.1 Å². The van der Waals surface area contributed by atoms with Crippen LogP contribution in [0.3, 0.4) is 0 Å². The van der Waals surface area contributed by atoms with Gasteiger partial charge in [-0.05, 0) is 81.0 Å². The summed E-state index contributed by atoms with van der Waals surface area (Å²) in [4.78, 5) is 2.92. The van der Waals surface area contributed by atoms with Gasteiger partial charge in [0.25, 0.3) is 0 Å². The third kappa shape index (κ3) is 2.66. The molecule has 4 heteroatoms. The molecule has 2 unspecified atom stereocenters. The van der Waals surface area contributed by atoms with E-state index in [4.69, 9.17) is 14.2 Å². The van der Waals surface area contributed by atoms with Crippen LogP contribution in [0.25, 0.3) is 0 Å². The van der Waals surface area contributed by atoms with Crippen molar-refractivity contribution in [3.63, 3.8) is 0 Å². The molecule has 4 bridgehead atoms. The number of methoxy groups -OCH3 is 1. The molecule has 0 N–H and O–H groups in total. The van der Waals surface area contributed by atoms with Crippen molar-refractivity contribution in [1.29, 1.82) is 0 Å². The monoisotopic (exact) mass is 485 g/mol. The number of ether oxygens (including phenoxy) is 3. The quantitative estimate of drug-likeness (QED) is 0.523. The van der Waals surface area contributed by atoms with Crippen molar-refractivity contribution in [3.05, 3.63) is 64.7 Å². The van der Waals surface area contributed by atoms with Crippen LogP contribution in [0.5, 0.6) is 5.75 Å². The van der Waals surface area contributed by atoms with Crippen molar-refractivity contribution < 1.29 is 14.2 Å². The maximum Gasteiger partial charge on any atom is 0.138 e. The first-order valence-electron chi connectivity index (χ1n) is 14.3. The molecule has 190 valence electrons. The maximum atomic E-state index is 7.16. The minimum Gasteiger partial charge on any atom is -0.486 e. The summed E-state index contributed by atoms with van der Waals surface area (Å²) in [5.41, 5.74) is 5.77. The van der Waals surface area contributed by atoms with Gasteiger partial charge in [0.05, 0.1) is 13.2 Å². The lowest BCUT2D eigenvalue weighted by molar-refractivity contribution is -0.283. The molecular weight excluding hydrogens is 446 g/mol. The van der Waals surface area contributed by atoms with Crippen LogP contribution < -0.4 is 4.74 Å². The van der Waals surface area contributed by atoms with Crippen molar-refractivity contribution in [2.24, 2.45) is 17.3 Å². The highest BCUT2D eigenvalue weighted by Crippen LogP contribution is 2.76. The number of fused-ring (bicyclic) bond motifs is 2. The number of nitrogens with zero attached hydrogens (tertiary/aromatic N) is 1. The highest BCUT2D eigenvalue weighted by molar-refractivity contribution is 5.61. The first kappa shape index (κ1) is 22.1. The Balaban J connectivity index is 1.22. The second kappa shape index (κ2) is 7.58. The minimum absolute atomic E-state index is 0.0941. The lowest BCUT2D eigenvalue weighted by Crippen LogP contribution is -2.81. The average Bonchev–Trinajstić information content (AvgIpc) is 3.64. The molecule has 4 nitrogen and oxygen atoms in total. The van der Waals surface area contributed by atoms with E-state index in [0.717, 1.165) is 18.9 Å². The SMILES string of the molecule is COC12CC[C@@]3(CC1COCc1ccccc1)[C@H]1Cc4ccc(C)c5c4[C@@]3(CCN1CC1CC1)[C@H]2O5. The van der Waals surface area contributed by atoms with E-state index in [2.05, 4.69) is 54.3 Å². The zero-order valence-electron chi connectivity index (χ0n) is 21.8. The van der Waals surface area contributed by atoms with Crippen LogP contribution in [-0.4, -0.2) is 49.5 Å². The number of hydrogen-bond donors (Lipinski definition) is 0. The molecule has 2 spiro atoms. The van der Waals surface area contributed by atoms with Crippen LogP contribution in [0.15, 0.2) is 42.5 Å². The molecule has 0 amide bonds. The Bertz CT molecular complexity index is 1190. The minimum atomic E-state index is -0.276. The van der Waals surface area contributed by atoms with E-state index >= 15 is 0 Å². The molecule has 0 radical (unpaired) electrons. The fourth-order valence-electron chi connectivity index (χ4n) is 9.79.